The molecule has 2 bridgehead atoms. The number of thiophene rings is 1. The summed E-state index contributed by atoms with van der Waals surface area (Å²) in [6.07, 6.45) is 4.09. The maximum atomic E-state index is 4.81. The van der Waals surface area contributed by atoms with E-state index in [9.17, 15) is 0 Å². The number of hydrogen-bond donors (Lipinski definition) is 0. The Morgan fingerprint density at radius 2 is 2.18 bits per heavy atom. The van der Waals surface area contributed by atoms with E-state index >= 15 is 0 Å². The summed E-state index contributed by atoms with van der Waals surface area (Å²) in [6.45, 7) is 2.13. The second-order valence-electron chi connectivity index (χ2n) is 5.29. The molecule has 2 heterocycles. The number of fused-ring (bicyclic) bond motifs is 5. The molecule has 0 spiro atoms. The maximum absolute atomic E-state index is 4.81. The monoisotopic (exact) mass is 241 g/mol. The van der Waals surface area contributed by atoms with Crippen LogP contribution in [-0.2, 0) is 0 Å². The zero-order chi connectivity index (χ0) is 11.4. The molecular weight excluding hydrogens is 226 g/mol. The van der Waals surface area contributed by atoms with Crippen LogP contribution in [0.1, 0.15) is 48.0 Å². The molecule has 0 saturated heterocycles. The van der Waals surface area contributed by atoms with E-state index in [0.717, 1.165) is 11.8 Å². The van der Waals surface area contributed by atoms with Gasteiger partial charge in [0.15, 0.2) is 0 Å². The van der Waals surface area contributed by atoms with Crippen molar-refractivity contribution >= 4 is 11.3 Å². The molecule has 0 aromatic carbocycles. The van der Waals surface area contributed by atoms with Crippen molar-refractivity contribution in [1.82, 2.24) is 4.98 Å². The molecular formula is C15H15NS. The van der Waals surface area contributed by atoms with Gasteiger partial charge in [0.05, 0.1) is 0 Å². The van der Waals surface area contributed by atoms with Gasteiger partial charge in [-0.3, -0.25) is 4.98 Å². The van der Waals surface area contributed by atoms with Gasteiger partial charge in [-0.25, -0.2) is 0 Å². The molecule has 2 aliphatic rings. The van der Waals surface area contributed by atoms with Gasteiger partial charge >= 0.3 is 0 Å². The van der Waals surface area contributed by atoms with Gasteiger partial charge in [-0.15, -0.1) is 11.3 Å². The number of pyridine rings is 1. The quantitative estimate of drug-likeness (QED) is 0.717. The van der Waals surface area contributed by atoms with E-state index in [4.69, 9.17) is 4.98 Å². The lowest BCUT2D eigenvalue weighted by molar-refractivity contribution is 0.695. The van der Waals surface area contributed by atoms with E-state index in [1.165, 1.54) is 41.1 Å². The molecule has 2 aliphatic carbocycles. The van der Waals surface area contributed by atoms with E-state index in [2.05, 4.69) is 30.5 Å². The van der Waals surface area contributed by atoms with Gasteiger partial charge in [-0.1, -0.05) is 6.07 Å². The largest absolute Gasteiger partial charge is 0.258 e. The average molecular weight is 241 g/mol. The summed E-state index contributed by atoms with van der Waals surface area (Å²) < 4.78 is 0. The zero-order valence-corrected chi connectivity index (χ0v) is 10.8. The van der Waals surface area contributed by atoms with Gasteiger partial charge in [0.25, 0.3) is 0 Å². The van der Waals surface area contributed by atoms with Crippen LogP contribution in [0.25, 0.3) is 10.4 Å². The summed E-state index contributed by atoms with van der Waals surface area (Å²) in [6, 6.07) is 6.67. The van der Waals surface area contributed by atoms with Gasteiger partial charge in [0.2, 0.25) is 0 Å². The molecule has 2 aromatic heterocycles. The highest BCUT2D eigenvalue weighted by Crippen LogP contribution is 2.55. The van der Waals surface area contributed by atoms with Gasteiger partial charge in [0, 0.05) is 22.2 Å². The molecule has 0 radical (unpaired) electrons. The summed E-state index contributed by atoms with van der Waals surface area (Å²) in [5.41, 5.74) is 5.65. The molecule has 2 heteroatoms. The third-order valence-electron chi connectivity index (χ3n) is 4.23. The summed E-state index contributed by atoms with van der Waals surface area (Å²) in [7, 11) is 0. The third-order valence-corrected chi connectivity index (χ3v) is 5.13. The van der Waals surface area contributed by atoms with Crippen molar-refractivity contribution in [3.63, 3.8) is 0 Å². The fraction of sp³-hybridized carbons (Fsp3) is 0.400. The summed E-state index contributed by atoms with van der Waals surface area (Å²) >= 11 is 1.85. The standard InChI is InChI=1S/C15H15NS/c1-9-7-12(13-3-2-6-17-13)14-10-4-5-11(8-10)15(14)16-9/h2-3,6-7,10-11H,4-5,8H2,1H3. The first kappa shape index (κ1) is 9.84. The smallest absolute Gasteiger partial charge is 0.0479 e. The Morgan fingerprint density at radius 3 is 3.00 bits per heavy atom. The number of aromatic nitrogens is 1. The first-order valence-corrected chi connectivity index (χ1v) is 7.26. The van der Waals surface area contributed by atoms with Crippen molar-refractivity contribution in [1.29, 1.82) is 0 Å². The number of rotatable bonds is 1. The van der Waals surface area contributed by atoms with E-state index < -0.39 is 0 Å². The summed E-state index contributed by atoms with van der Waals surface area (Å²) in [4.78, 5) is 6.23. The Hall–Kier alpha value is -1.15. The first-order chi connectivity index (χ1) is 8.33. The summed E-state index contributed by atoms with van der Waals surface area (Å²) in [5.74, 6) is 1.55. The highest BCUT2D eigenvalue weighted by atomic mass is 32.1. The molecule has 1 saturated carbocycles. The minimum absolute atomic E-state index is 0.758. The number of hydrogen-bond acceptors (Lipinski definition) is 2. The SMILES string of the molecule is Cc1cc(-c2cccs2)c2c(n1)C1CCC2C1. The third kappa shape index (κ3) is 1.34. The Morgan fingerprint density at radius 1 is 1.29 bits per heavy atom. The highest BCUT2D eigenvalue weighted by molar-refractivity contribution is 7.13. The summed E-state index contributed by atoms with van der Waals surface area (Å²) in [5, 5.41) is 2.17. The van der Waals surface area contributed by atoms with Gasteiger partial charge in [0.1, 0.15) is 0 Å². The predicted molar refractivity (Wildman–Crippen MR) is 71.6 cm³/mol. The van der Waals surface area contributed by atoms with Crippen molar-refractivity contribution in [2.24, 2.45) is 0 Å². The van der Waals surface area contributed by atoms with Crippen LogP contribution in [0.2, 0.25) is 0 Å². The Balaban J connectivity index is 1.99. The first-order valence-electron chi connectivity index (χ1n) is 6.38. The number of aryl methyl sites for hydroxylation is 1. The van der Waals surface area contributed by atoms with Crippen LogP contribution in [0.15, 0.2) is 23.6 Å². The minimum atomic E-state index is 0.758. The molecule has 1 nitrogen and oxygen atoms in total. The van der Waals surface area contributed by atoms with E-state index in [1.54, 1.807) is 5.56 Å². The maximum Gasteiger partial charge on any atom is 0.0479 e. The Labute approximate surface area is 106 Å². The van der Waals surface area contributed by atoms with Crippen LogP contribution in [0.5, 0.6) is 0 Å². The van der Waals surface area contributed by atoms with Crippen molar-refractivity contribution in [2.75, 3.05) is 0 Å². The number of nitrogens with zero attached hydrogens (tertiary/aromatic N) is 1. The zero-order valence-electron chi connectivity index (χ0n) is 9.94. The fourth-order valence-electron chi connectivity index (χ4n) is 3.58. The lowest BCUT2D eigenvalue weighted by atomic mass is 9.91. The molecule has 0 amide bonds. The average Bonchev–Trinajstić information content (AvgIpc) is 3.05. The van der Waals surface area contributed by atoms with Crippen LogP contribution in [0, 0.1) is 6.92 Å². The molecule has 2 atom stereocenters. The topological polar surface area (TPSA) is 12.9 Å². The molecule has 86 valence electrons. The van der Waals surface area contributed by atoms with Gasteiger partial charge in [-0.2, -0.15) is 0 Å². The normalized spacial score (nSPS) is 25.2. The minimum Gasteiger partial charge on any atom is -0.258 e. The van der Waals surface area contributed by atoms with Crippen molar-refractivity contribution < 1.29 is 0 Å². The lowest BCUT2D eigenvalue weighted by Crippen LogP contribution is -2.04. The van der Waals surface area contributed by atoms with Crippen molar-refractivity contribution in [3.8, 4) is 10.4 Å². The van der Waals surface area contributed by atoms with Crippen LogP contribution < -0.4 is 0 Å². The molecule has 2 unspecified atom stereocenters. The van der Waals surface area contributed by atoms with Crippen LogP contribution >= 0.6 is 11.3 Å². The highest BCUT2D eigenvalue weighted by Gasteiger charge is 2.40. The van der Waals surface area contributed by atoms with Crippen LogP contribution in [0.3, 0.4) is 0 Å². The van der Waals surface area contributed by atoms with E-state index in [0.29, 0.717) is 0 Å². The molecule has 0 aliphatic heterocycles. The van der Waals surface area contributed by atoms with Crippen LogP contribution in [0.4, 0.5) is 0 Å². The fourth-order valence-corrected chi connectivity index (χ4v) is 4.33. The van der Waals surface area contributed by atoms with Gasteiger partial charge in [-0.05, 0) is 60.7 Å². The van der Waals surface area contributed by atoms with Crippen molar-refractivity contribution in [2.45, 2.75) is 38.0 Å². The van der Waals surface area contributed by atoms with Crippen molar-refractivity contribution in [3.05, 3.63) is 40.5 Å². The lowest BCUT2D eigenvalue weighted by Gasteiger charge is -2.18. The molecule has 17 heavy (non-hydrogen) atoms. The van der Waals surface area contributed by atoms with E-state index in [-0.39, 0.29) is 0 Å². The van der Waals surface area contributed by atoms with Gasteiger partial charge < -0.3 is 0 Å². The second kappa shape index (κ2) is 3.42. The molecule has 0 N–H and O–H groups in total. The second-order valence-corrected chi connectivity index (χ2v) is 6.24. The predicted octanol–water partition coefficient (Wildman–Crippen LogP) is 4.48. The Kier molecular flexibility index (Phi) is 1.98. The molecule has 1 fully saturated rings. The molecule has 4 rings (SSSR count). The van der Waals surface area contributed by atoms with Crippen LogP contribution in [-0.4, -0.2) is 4.98 Å². The van der Waals surface area contributed by atoms with E-state index in [1.807, 2.05) is 11.3 Å². The Bertz CT molecular complexity index is 571. The molecule has 2 aromatic rings.